The zero-order valence-corrected chi connectivity index (χ0v) is 19.1. The molecule has 0 aliphatic carbocycles. The fraction of sp³-hybridized carbons (Fsp3) is 0.579. The minimum atomic E-state index is 0. The minimum Gasteiger partial charge on any atom is -0.359 e. The molecule has 0 aromatic heterocycles. The molecule has 26 heavy (non-hydrogen) atoms. The van der Waals surface area contributed by atoms with E-state index in [1.165, 1.54) is 10.5 Å². The lowest BCUT2D eigenvalue weighted by Gasteiger charge is -2.34. The molecule has 0 saturated carbocycles. The Morgan fingerprint density at radius 3 is 2.46 bits per heavy atom. The van der Waals surface area contributed by atoms with Gasteiger partial charge in [-0.2, -0.15) is 0 Å². The predicted molar refractivity (Wildman–Crippen MR) is 121 cm³/mol. The largest absolute Gasteiger partial charge is 0.359 e. The highest BCUT2D eigenvalue weighted by atomic mass is 127. The van der Waals surface area contributed by atoms with Crippen LogP contribution in [0.2, 0.25) is 0 Å². The zero-order chi connectivity index (χ0) is 18.1. The smallest absolute Gasteiger partial charge is 0.220 e. The standard InChI is InChI=1S/C19H30N4OS.HI/c1-4-21-19(22-14-16-5-7-17(25-3)8-6-16)23-11-9-15(10-12-23)13-18(24)20-2;/h5-8,15H,4,9-14H2,1-3H3,(H,20,24)(H,21,22);1H. The van der Waals surface area contributed by atoms with Gasteiger partial charge in [0.1, 0.15) is 0 Å². The van der Waals surface area contributed by atoms with Gasteiger partial charge in [0.2, 0.25) is 5.91 Å². The van der Waals surface area contributed by atoms with E-state index >= 15 is 0 Å². The van der Waals surface area contributed by atoms with Crippen molar-refractivity contribution in [3.05, 3.63) is 29.8 Å². The summed E-state index contributed by atoms with van der Waals surface area (Å²) >= 11 is 1.75. The topological polar surface area (TPSA) is 56.7 Å². The molecule has 1 saturated heterocycles. The van der Waals surface area contributed by atoms with Gasteiger partial charge in [-0.05, 0) is 49.6 Å². The number of carbonyl (C=O) groups excluding carboxylic acids is 1. The highest BCUT2D eigenvalue weighted by molar-refractivity contribution is 14.0. The van der Waals surface area contributed by atoms with Crippen LogP contribution in [0.1, 0.15) is 31.7 Å². The number of hydrogen-bond acceptors (Lipinski definition) is 3. The summed E-state index contributed by atoms with van der Waals surface area (Å²) in [6.07, 6.45) is 4.81. The molecule has 0 bridgehead atoms. The van der Waals surface area contributed by atoms with E-state index < -0.39 is 0 Å². The molecular weight excluding hydrogens is 459 g/mol. The number of thioether (sulfide) groups is 1. The summed E-state index contributed by atoms with van der Waals surface area (Å²) in [6, 6.07) is 8.59. The summed E-state index contributed by atoms with van der Waals surface area (Å²) in [5.74, 6) is 1.61. The Hall–Kier alpha value is -0.960. The van der Waals surface area contributed by atoms with Crippen LogP contribution < -0.4 is 10.6 Å². The van der Waals surface area contributed by atoms with Gasteiger partial charge >= 0.3 is 0 Å². The van der Waals surface area contributed by atoms with Crippen LogP contribution in [0, 0.1) is 5.92 Å². The van der Waals surface area contributed by atoms with E-state index in [1.54, 1.807) is 18.8 Å². The van der Waals surface area contributed by atoms with Crippen molar-refractivity contribution in [1.29, 1.82) is 0 Å². The first-order valence-corrected chi connectivity index (χ1v) is 10.3. The number of piperidine rings is 1. The van der Waals surface area contributed by atoms with Gasteiger partial charge in [0.25, 0.3) is 0 Å². The molecule has 1 amide bonds. The highest BCUT2D eigenvalue weighted by Gasteiger charge is 2.22. The molecule has 146 valence electrons. The monoisotopic (exact) mass is 490 g/mol. The lowest BCUT2D eigenvalue weighted by atomic mass is 9.93. The quantitative estimate of drug-likeness (QED) is 0.278. The van der Waals surface area contributed by atoms with Crippen molar-refractivity contribution >= 4 is 47.6 Å². The molecule has 0 unspecified atom stereocenters. The number of carbonyl (C=O) groups is 1. The number of halogens is 1. The van der Waals surface area contributed by atoms with Crippen molar-refractivity contribution in [3.8, 4) is 0 Å². The number of nitrogens with one attached hydrogen (secondary N) is 2. The van der Waals surface area contributed by atoms with Crippen molar-refractivity contribution < 1.29 is 4.79 Å². The Kier molecular flexibility index (Phi) is 11.0. The van der Waals surface area contributed by atoms with Gasteiger partial charge in [0.15, 0.2) is 5.96 Å². The van der Waals surface area contributed by atoms with Gasteiger partial charge < -0.3 is 15.5 Å². The molecule has 1 aliphatic heterocycles. The number of amides is 1. The first-order valence-electron chi connectivity index (χ1n) is 9.03. The molecule has 2 N–H and O–H groups in total. The molecule has 1 aromatic rings. The molecule has 1 aromatic carbocycles. The maximum atomic E-state index is 11.5. The Morgan fingerprint density at radius 2 is 1.92 bits per heavy atom. The van der Waals surface area contributed by atoms with Crippen molar-refractivity contribution in [2.45, 2.75) is 37.6 Å². The van der Waals surface area contributed by atoms with Gasteiger partial charge in [-0.25, -0.2) is 4.99 Å². The summed E-state index contributed by atoms with van der Waals surface area (Å²) in [5.41, 5.74) is 1.22. The molecule has 7 heteroatoms. The van der Waals surface area contributed by atoms with E-state index in [0.717, 1.165) is 38.4 Å². The van der Waals surface area contributed by atoms with Gasteiger partial charge in [0, 0.05) is 38.0 Å². The van der Waals surface area contributed by atoms with Crippen LogP contribution in [0.25, 0.3) is 0 Å². The summed E-state index contributed by atoms with van der Waals surface area (Å²) in [7, 11) is 1.71. The van der Waals surface area contributed by atoms with E-state index in [4.69, 9.17) is 4.99 Å². The number of guanidine groups is 1. The second-order valence-corrected chi connectivity index (χ2v) is 7.21. The molecule has 0 atom stereocenters. The molecule has 2 rings (SSSR count). The SMILES string of the molecule is CCNC(=NCc1ccc(SC)cc1)N1CCC(CC(=O)NC)CC1.I. The number of rotatable bonds is 6. The molecule has 1 fully saturated rings. The number of nitrogens with zero attached hydrogens (tertiary/aromatic N) is 2. The summed E-state index contributed by atoms with van der Waals surface area (Å²) in [5, 5.41) is 6.13. The third-order valence-electron chi connectivity index (χ3n) is 4.57. The van der Waals surface area contributed by atoms with Gasteiger partial charge in [0.05, 0.1) is 6.54 Å². The Morgan fingerprint density at radius 1 is 1.27 bits per heavy atom. The van der Waals surface area contributed by atoms with Crippen LogP contribution >= 0.6 is 35.7 Å². The molecular formula is C19H31IN4OS. The number of aliphatic imine (C=N–C) groups is 1. The fourth-order valence-electron chi connectivity index (χ4n) is 3.04. The van der Waals surface area contributed by atoms with E-state index in [9.17, 15) is 4.79 Å². The lowest BCUT2D eigenvalue weighted by Crippen LogP contribution is -2.46. The number of likely N-dealkylation sites (tertiary alicyclic amines) is 1. The Balaban J connectivity index is 0.00000338. The van der Waals surface area contributed by atoms with E-state index in [2.05, 4.69) is 53.0 Å². The summed E-state index contributed by atoms with van der Waals surface area (Å²) in [4.78, 5) is 19.9. The second-order valence-electron chi connectivity index (χ2n) is 6.33. The molecule has 1 aliphatic rings. The van der Waals surface area contributed by atoms with E-state index in [1.807, 2.05) is 0 Å². The van der Waals surface area contributed by atoms with Crippen LogP contribution in [-0.4, -0.2) is 49.7 Å². The Labute approximate surface area is 178 Å². The highest BCUT2D eigenvalue weighted by Crippen LogP contribution is 2.21. The molecule has 5 nitrogen and oxygen atoms in total. The van der Waals surface area contributed by atoms with Crippen LogP contribution in [-0.2, 0) is 11.3 Å². The van der Waals surface area contributed by atoms with Gasteiger partial charge in [-0.1, -0.05) is 12.1 Å². The normalized spacial score (nSPS) is 15.3. The number of hydrogen-bond donors (Lipinski definition) is 2. The van der Waals surface area contributed by atoms with Crippen LogP contribution in [0.4, 0.5) is 0 Å². The van der Waals surface area contributed by atoms with Crippen LogP contribution in [0.15, 0.2) is 34.2 Å². The van der Waals surface area contributed by atoms with Crippen LogP contribution in [0.3, 0.4) is 0 Å². The van der Waals surface area contributed by atoms with Crippen molar-refractivity contribution in [1.82, 2.24) is 15.5 Å². The average molecular weight is 490 g/mol. The summed E-state index contributed by atoms with van der Waals surface area (Å²) in [6.45, 7) is 5.57. The summed E-state index contributed by atoms with van der Waals surface area (Å²) < 4.78 is 0. The molecule has 0 radical (unpaired) electrons. The molecule has 1 heterocycles. The second kappa shape index (κ2) is 12.4. The van der Waals surface area contributed by atoms with Crippen molar-refractivity contribution in [2.24, 2.45) is 10.9 Å². The fourth-order valence-corrected chi connectivity index (χ4v) is 3.44. The van der Waals surface area contributed by atoms with Crippen molar-refractivity contribution in [3.63, 3.8) is 0 Å². The molecule has 0 spiro atoms. The third kappa shape index (κ3) is 7.34. The minimum absolute atomic E-state index is 0. The zero-order valence-electron chi connectivity index (χ0n) is 16.0. The number of benzene rings is 1. The first kappa shape index (κ1) is 23.1. The van der Waals surface area contributed by atoms with Gasteiger partial charge in [-0.3, -0.25) is 4.79 Å². The van der Waals surface area contributed by atoms with Crippen LogP contribution in [0.5, 0.6) is 0 Å². The van der Waals surface area contributed by atoms with Crippen molar-refractivity contribution in [2.75, 3.05) is 32.9 Å². The predicted octanol–water partition coefficient (Wildman–Crippen LogP) is 3.34. The van der Waals surface area contributed by atoms with Gasteiger partial charge in [-0.15, -0.1) is 35.7 Å². The maximum absolute atomic E-state index is 11.5. The Bertz CT molecular complexity index is 571. The van der Waals surface area contributed by atoms with E-state index in [-0.39, 0.29) is 29.9 Å². The van der Waals surface area contributed by atoms with E-state index in [0.29, 0.717) is 18.9 Å². The third-order valence-corrected chi connectivity index (χ3v) is 5.32. The lowest BCUT2D eigenvalue weighted by molar-refractivity contribution is -0.121. The average Bonchev–Trinajstić information content (AvgIpc) is 2.66. The maximum Gasteiger partial charge on any atom is 0.220 e. The first-order chi connectivity index (χ1) is 12.2.